The molecule has 4 rings (SSSR count). The molecule has 0 spiro atoms. The number of likely N-dealkylation sites (tertiary alicyclic amines) is 1. The Morgan fingerprint density at radius 3 is 2.82 bits per heavy atom. The summed E-state index contributed by atoms with van der Waals surface area (Å²) in [5, 5.41) is 0. The molecule has 1 saturated heterocycles. The van der Waals surface area contributed by atoms with Crippen molar-refractivity contribution in [2.45, 2.75) is 18.9 Å². The minimum Gasteiger partial charge on any atom is -0.496 e. The molecule has 146 valence electrons. The van der Waals surface area contributed by atoms with Gasteiger partial charge in [0.05, 0.1) is 13.2 Å². The summed E-state index contributed by atoms with van der Waals surface area (Å²) in [7, 11) is 1.63. The van der Waals surface area contributed by atoms with E-state index in [2.05, 4.69) is 15.9 Å². The Morgan fingerprint density at radius 2 is 2.00 bits per heavy atom. The molecule has 0 aromatic heterocycles. The van der Waals surface area contributed by atoms with Crippen molar-refractivity contribution in [3.63, 3.8) is 0 Å². The molecule has 1 atom stereocenters. The fraction of sp³-hybridized carbons (Fsp3) is 0.318. The number of carbonyl (C=O) groups excluding carboxylic acids is 1. The normalized spacial score (nSPS) is 18.5. The van der Waals surface area contributed by atoms with Gasteiger partial charge in [0, 0.05) is 22.7 Å². The van der Waals surface area contributed by atoms with Crippen molar-refractivity contribution in [1.82, 2.24) is 4.90 Å². The van der Waals surface area contributed by atoms with Gasteiger partial charge in [-0.3, -0.25) is 4.79 Å². The van der Waals surface area contributed by atoms with Crippen molar-refractivity contribution >= 4 is 27.9 Å². The number of amides is 1. The lowest BCUT2D eigenvalue weighted by Crippen LogP contribution is -2.29. The predicted molar refractivity (Wildman–Crippen MR) is 111 cm³/mol. The third-order valence-corrected chi connectivity index (χ3v) is 5.58. The van der Waals surface area contributed by atoms with Crippen LogP contribution >= 0.6 is 15.9 Å². The monoisotopic (exact) mass is 443 g/mol. The van der Waals surface area contributed by atoms with Crippen LogP contribution < -0.4 is 14.2 Å². The summed E-state index contributed by atoms with van der Waals surface area (Å²) in [6.07, 6.45) is 5.37. The molecule has 5 nitrogen and oxygen atoms in total. The van der Waals surface area contributed by atoms with Gasteiger partial charge in [-0.05, 0) is 54.8 Å². The number of methoxy groups -OCH3 is 1. The second kappa shape index (κ2) is 8.27. The minimum absolute atomic E-state index is 0.000539. The Morgan fingerprint density at radius 1 is 1.18 bits per heavy atom. The lowest BCUT2D eigenvalue weighted by atomic mass is 10.0. The van der Waals surface area contributed by atoms with Gasteiger partial charge in [0.1, 0.15) is 19.0 Å². The number of rotatable bonds is 4. The van der Waals surface area contributed by atoms with E-state index < -0.39 is 0 Å². The lowest BCUT2D eigenvalue weighted by Gasteiger charge is -2.26. The van der Waals surface area contributed by atoms with Gasteiger partial charge < -0.3 is 19.1 Å². The first-order valence-corrected chi connectivity index (χ1v) is 10.2. The van der Waals surface area contributed by atoms with Crippen LogP contribution in [0, 0.1) is 0 Å². The summed E-state index contributed by atoms with van der Waals surface area (Å²) in [6.45, 7) is 1.88. The highest BCUT2D eigenvalue weighted by Gasteiger charge is 2.29. The van der Waals surface area contributed by atoms with Gasteiger partial charge in [-0.2, -0.15) is 0 Å². The zero-order valence-corrected chi connectivity index (χ0v) is 17.3. The summed E-state index contributed by atoms with van der Waals surface area (Å²) in [5.74, 6) is 2.27. The number of fused-ring (bicyclic) bond motifs is 1. The Bertz CT molecular complexity index is 911. The molecule has 2 aliphatic rings. The van der Waals surface area contributed by atoms with Crippen molar-refractivity contribution in [3.8, 4) is 17.2 Å². The Hall–Kier alpha value is -2.47. The molecule has 1 unspecified atom stereocenters. The Kier molecular flexibility index (Phi) is 5.57. The first-order valence-electron chi connectivity index (χ1n) is 9.37. The average Bonchev–Trinajstić information content (AvgIpc) is 3.22. The molecule has 2 aromatic rings. The SMILES string of the molecule is COc1ccc(Br)cc1/C=C/C(=O)N1CCCC1c1ccc2c(c1)OCCO2. The summed E-state index contributed by atoms with van der Waals surface area (Å²) >= 11 is 3.46. The number of hydrogen-bond donors (Lipinski definition) is 0. The topological polar surface area (TPSA) is 48.0 Å². The van der Waals surface area contributed by atoms with E-state index in [9.17, 15) is 4.79 Å². The van der Waals surface area contributed by atoms with Crippen LogP contribution in [0.25, 0.3) is 6.08 Å². The Balaban J connectivity index is 1.53. The first-order chi connectivity index (χ1) is 13.7. The van der Waals surface area contributed by atoms with Gasteiger partial charge in [0.2, 0.25) is 5.91 Å². The van der Waals surface area contributed by atoms with E-state index in [1.165, 1.54) is 0 Å². The lowest BCUT2D eigenvalue weighted by molar-refractivity contribution is -0.126. The van der Waals surface area contributed by atoms with Crippen molar-refractivity contribution in [1.29, 1.82) is 0 Å². The van der Waals surface area contributed by atoms with E-state index >= 15 is 0 Å². The number of benzene rings is 2. The molecule has 0 N–H and O–H groups in total. The van der Waals surface area contributed by atoms with Gasteiger partial charge in [-0.1, -0.05) is 22.0 Å². The number of halogens is 1. The molecular formula is C22H22BrNO4. The van der Waals surface area contributed by atoms with Crippen LogP contribution in [-0.2, 0) is 4.79 Å². The number of hydrogen-bond acceptors (Lipinski definition) is 4. The maximum absolute atomic E-state index is 12.9. The molecule has 2 heterocycles. The van der Waals surface area contributed by atoms with E-state index in [1.54, 1.807) is 13.2 Å². The van der Waals surface area contributed by atoms with Gasteiger partial charge in [0.15, 0.2) is 11.5 Å². The minimum atomic E-state index is -0.000539. The summed E-state index contributed by atoms with van der Waals surface area (Å²) in [5.41, 5.74) is 1.95. The van der Waals surface area contributed by atoms with Crippen LogP contribution in [0.3, 0.4) is 0 Å². The first kappa shape index (κ1) is 18.9. The maximum Gasteiger partial charge on any atom is 0.247 e. The number of ether oxygens (including phenoxy) is 3. The van der Waals surface area contributed by atoms with Crippen molar-refractivity contribution in [2.24, 2.45) is 0 Å². The molecular weight excluding hydrogens is 422 g/mol. The fourth-order valence-corrected chi connectivity index (χ4v) is 4.12. The number of nitrogens with zero attached hydrogens (tertiary/aromatic N) is 1. The molecule has 0 aliphatic carbocycles. The van der Waals surface area contributed by atoms with Gasteiger partial charge in [-0.25, -0.2) is 0 Å². The van der Waals surface area contributed by atoms with Crippen molar-refractivity contribution in [3.05, 3.63) is 58.1 Å². The molecule has 0 radical (unpaired) electrons. The van der Waals surface area contributed by atoms with E-state index in [0.717, 1.165) is 52.2 Å². The smallest absolute Gasteiger partial charge is 0.247 e. The summed E-state index contributed by atoms with van der Waals surface area (Å²) < 4.78 is 17.6. The van der Waals surface area contributed by atoms with E-state index in [0.29, 0.717) is 13.2 Å². The molecule has 1 amide bonds. The Labute approximate surface area is 173 Å². The average molecular weight is 444 g/mol. The predicted octanol–water partition coefficient (Wildman–Crippen LogP) is 4.61. The maximum atomic E-state index is 12.9. The van der Waals surface area contributed by atoms with Crippen LogP contribution in [-0.4, -0.2) is 37.7 Å². The van der Waals surface area contributed by atoms with Crippen LogP contribution in [0.1, 0.15) is 30.0 Å². The molecule has 6 heteroatoms. The van der Waals surface area contributed by atoms with E-state index in [1.807, 2.05) is 47.4 Å². The van der Waals surface area contributed by atoms with Gasteiger partial charge in [0.25, 0.3) is 0 Å². The van der Waals surface area contributed by atoms with Crippen molar-refractivity contribution < 1.29 is 19.0 Å². The number of carbonyl (C=O) groups is 1. The summed E-state index contributed by atoms with van der Waals surface area (Å²) in [6, 6.07) is 11.8. The van der Waals surface area contributed by atoms with Crippen molar-refractivity contribution in [2.75, 3.05) is 26.9 Å². The third kappa shape index (κ3) is 3.87. The molecule has 1 fully saturated rings. The van der Waals surface area contributed by atoms with E-state index in [-0.39, 0.29) is 11.9 Å². The highest BCUT2D eigenvalue weighted by atomic mass is 79.9. The summed E-state index contributed by atoms with van der Waals surface area (Å²) in [4.78, 5) is 14.8. The fourth-order valence-electron chi connectivity index (χ4n) is 3.74. The molecule has 0 saturated carbocycles. The van der Waals surface area contributed by atoms with E-state index in [4.69, 9.17) is 14.2 Å². The van der Waals surface area contributed by atoms with Crippen LogP contribution in [0.4, 0.5) is 0 Å². The van der Waals surface area contributed by atoms with Crippen LogP contribution in [0.5, 0.6) is 17.2 Å². The standard InChI is InChI=1S/C22H22BrNO4/c1-26-19-8-6-17(23)13-16(19)5-9-22(25)24-10-2-3-18(24)15-4-7-20-21(14-15)28-12-11-27-20/h4-9,13-14,18H,2-3,10-12H2,1H3/b9-5+. The molecule has 2 aromatic carbocycles. The van der Waals surface area contributed by atoms with Gasteiger partial charge >= 0.3 is 0 Å². The second-order valence-electron chi connectivity index (χ2n) is 6.81. The highest BCUT2D eigenvalue weighted by Crippen LogP contribution is 2.38. The van der Waals surface area contributed by atoms with Gasteiger partial charge in [-0.15, -0.1) is 0 Å². The third-order valence-electron chi connectivity index (χ3n) is 5.08. The molecule has 2 aliphatic heterocycles. The largest absolute Gasteiger partial charge is 0.496 e. The zero-order chi connectivity index (χ0) is 19.5. The van der Waals surface area contributed by atoms with Crippen LogP contribution in [0.15, 0.2) is 46.9 Å². The second-order valence-corrected chi connectivity index (χ2v) is 7.73. The highest BCUT2D eigenvalue weighted by molar-refractivity contribution is 9.10. The quantitative estimate of drug-likeness (QED) is 0.647. The zero-order valence-electron chi connectivity index (χ0n) is 15.7. The van der Waals surface area contributed by atoms with Crippen LogP contribution in [0.2, 0.25) is 0 Å². The molecule has 28 heavy (non-hydrogen) atoms. The molecule has 0 bridgehead atoms.